The van der Waals surface area contributed by atoms with E-state index in [9.17, 15) is 5.11 Å². The van der Waals surface area contributed by atoms with Crippen molar-refractivity contribution in [2.24, 2.45) is 5.41 Å². The molecule has 1 fully saturated rings. The molecule has 106 valence electrons. The van der Waals surface area contributed by atoms with Gasteiger partial charge in [-0.25, -0.2) is 0 Å². The zero-order chi connectivity index (χ0) is 14.1. The van der Waals surface area contributed by atoms with Crippen molar-refractivity contribution in [1.82, 2.24) is 0 Å². The Balaban J connectivity index is 2.02. The maximum Gasteiger partial charge on any atom is 0.0831 e. The largest absolute Gasteiger partial charge is 0.392 e. The first-order chi connectivity index (χ1) is 8.81. The molecular weight excluding hydrogens is 252 g/mol. The van der Waals surface area contributed by atoms with Gasteiger partial charge in [-0.05, 0) is 12.5 Å². The van der Waals surface area contributed by atoms with Gasteiger partial charge in [-0.3, -0.25) is 0 Å². The molecule has 1 N–H and O–H groups in total. The van der Waals surface area contributed by atoms with Crippen LogP contribution in [0.1, 0.15) is 20.3 Å². The lowest BCUT2D eigenvalue weighted by molar-refractivity contribution is -0.114. The highest BCUT2D eigenvalue weighted by Gasteiger charge is 2.38. The lowest BCUT2D eigenvalue weighted by Gasteiger charge is -2.41. The fourth-order valence-electron chi connectivity index (χ4n) is 2.78. The number of hydrogen-bond donors (Lipinski definition) is 1. The van der Waals surface area contributed by atoms with Crippen LogP contribution in [0.4, 0.5) is 0 Å². The second kappa shape index (κ2) is 5.39. The van der Waals surface area contributed by atoms with Gasteiger partial charge in [-0.2, -0.15) is 0 Å². The third-order valence-corrected chi connectivity index (χ3v) is 7.74. The second-order valence-corrected chi connectivity index (χ2v) is 11.9. The first-order valence-corrected chi connectivity index (χ1v) is 10.4. The fraction of sp³-hybridized carbons (Fsp3) is 0.625. The molecule has 0 spiro atoms. The molecule has 1 aromatic rings. The molecule has 3 heteroatoms. The van der Waals surface area contributed by atoms with Crippen LogP contribution in [0.5, 0.6) is 0 Å². The van der Waals surface area contributed by atoms with E-state index in [-0.39, 0.29) is 17.6 Å². The summed E-state index contributed by atoms with van der Waals surface area (Å²) in [6.45, 7) is 9.59. The maximum absolute atomic E-state index is 10.2. The minimum Gasteiger partial charge on any atom is -0.392 e. The number of benzene rings is 1. The molecule has 0 radical (unpaired) electrons. The number of aliphatic hydroxyl groups is 1. The molecule has 0 bridgehead atoms. The molecule has 1 aliphatic rings. The maximum atomic E-state index is 10.2. The van der Waals surface area contributed by atoms with Crippen LogP contribution in [0, 0.1) is 5.41 Å². The van der Waals surface area contributed by atoms with Gasteiger partial charge >= 0.3 is 0 Å². The predicted molar refractivity (Wildman–Crippen MR) is 82.5 cm³/mol. The molecule has 1 saturated heterocycles. The molecule has 0 aliphatic carbocycles. The Morgan fingerprint density at radius 3 is 2.47 bits per heavy atom. The molecular formula is C16H26O2Si. The van der Waals surface area contributed by atoms with Gasteiger partial charge in [0.2, 0.25) is 0 Å². The molecule has 0 saturated carbocycles. The van der Waals surface area contributed by atoms with E-state index < -0.39 is 8.07 Å². The van der Waals surface area contributed by atoms with Crippen molar-refractivity contribution < 1.29 is 9.84 Å². The van der Waals surface area contributed by atoms with Crippen LogP contribution in [0.3, 0.4) is 0 Å². The molecule has 2 rings (SSSR count). The summed E-state index contributed by atoms with van der Waals surface area (Å²) in [6, 6.07) is 11.8. The molecule has 2 atom stereocenters. The molecule has 1 aliphatic heterocycles. The van der Waals surface area contributed by atoms with Gasteiger partial charge < -0.3 is 9.84 Å². The highest BCUT2D eigenvalue weighted by Crippen LogP contribution is 2.33. The number of ether oxygens (including phenoxy) is 1. The SMILES string of the molecule is CC1(C)CO[C@@H](C[Si](C)(C)c2ccccc2)C[C@H]1O. The predicted octanol–water partition coefficient (Wildman–Crippen LogP) is 2.78. The summed E-state index contributed by atoms with van der Waals surface area (Å²) in [7, 11) is -1.48. The van der Waals surface area contributed by atoms with E-state index in [1.807, 2.05) is 0 Å². The summed E-state index contributed by atoms with van der Waals surface area (Å²) in [6.07, 6.45) is 0.743. The van der Waals surface area contributed by atoms with Gasteiger partial charge in [-0.1, -0.05) is 62.5 Å². The summed E-state index contributed by atoms with van der Waals surface area (Å²) < 4.78 is 6.00. The van der Waals surface area contributed by atoms with Crippen molar-refractivity contribution >= 4 is 13.3 Å². The summed E-state index contributed by atoms with van der Waals surface area (Å²) >= 11 is 0. The molecule has 1 aromatic carbocycles. The monoisotopic (exact) mass is 278 g/mol. The minimum atomic E-state index is -1.48. The Bertz CT molecular complexity index is 414. The van der Waals surface area contributed by atoms with Crippen LogP contribution in [0.15, 0.2) is 30.3 Å². The zero-order valence-electron chi connectivity index (χ0n) is 12.5. The van der Waals surface area contributed by atoms with E-state index in [1.54, 1.807) is 0 Å². The van der Waals surface area contributed by atoms with Crippen LogP contribution in [0.2, 0.25) is 19.1 Å². The number of hydrogen-bond acceptors (Lipinski definition) is 2. The van der Waals surface area contributed by atoms with Gasteiger partial charge in [0.1, 0.15) is 0 Å². The Morgan fingerprint density at radius 2 is 1.89 bits per heavy atom. The summed E-state index contributed by atoms with van der Waals surface area (Å²) in [5, 5.41) is 11.7. The van der Waals surface area contributed by atoms with Crippen molar-refractivity contribution in [2.45, 2.75) is 51.6 Å². The molecule has 19 heavy (non-hydrogen) atoms. The third-order valence-electron chi connectivity index (χ3n) is 4.37. The van der Waals surface area contributed by atoms with Crippen LogP contribution < -0.4 is 5.19 Å². The Labute approximate surface area is 117 Å². The summed E-state index contributed by atoms with van der Waals surface area (Å²) in [5.41, 5.74) is -0.102. The number of aliphatic hydroxyl groups excluding tert-OH is 1. The van der Waals surface area contributed by atoms with Crippen LogP contribution in [0.25, 0.3) is 0 Å². The third kappa shape index (κ3) is 3.47. The number of rotatable bonds is 3. The Kier molecular flexibility index (Phi) is 4.19. The second-order valence-electron chi connectivity index (χ2n) is 7.13. The van der Waals surface area contributed by atoms with E-state index >= 15 is 0 Å². The molecule has 0 aromatic heterocycles. The van der Waals surface area contributed by atoms with E-state index in [1.165, 1.54) is 5.19 Å². The van der Waals surface area contributed by atoms with Gasteiger partial charge in [-0.15, -0.1) is 0 Å². The van der Waals surface area contributed by atoms with E-state index in [2.05, 4.69) is 57.3 Å². The lowest BCUT2D eigenvalue weighted by atomic mass is 9.82. The average molecular weight is 278 g/mol. The van der Waals surface area contributed by atoms with E-state index in [4.69, 9.17) is 4.74 Å². The normalized spacial score (nSPS) is 27.2. The first kappa shape index (κ1) is 14.8. The topological polar surface area (TPSA) is 29.5 Å². The standard InChI is InChI=1S/C16H26O2Si/c1-16(2)12-18-13(10-15(16)17)11-19(3,4)14-8-6-5-7-9-14/h5-9,13,15,17H,10-12H2,1-4H3/t13-,15-/m1/s1. The fourth-order valence-corrected chi connectivity index (χ4v) is 5.54. The molecule has 0 amide bonds. The summed E-state index contributed by atoms with van der Waals surface area (Å²) in [5.74, 6) is 0. The van der Waals surface area contributed by atoms with Crippen molar-refractivity contribution in [2.75, 3.05) is 6.61 Å². The van der Waals surface area contributed by atoms with E-state index in [0.717, 1.165) is 12.5 Å². The van der Waals surface area contributed by atoms with Gasteiger partial charge in [0, 0.05) is 5.41 Å². The lowest BCUT2D eigenvalue weighted by Crippen LogP contribution is -2.49. The molecule has 0 unspecified atom stereocenters. The van der Waals surface area contributed by atoms with Gasteiger partial charge in [0.15, 0.2) is 0 Å². The Morgan fingerprint density at radius 1 is 1.26 bits per heavy atom. The van der Waals surface area contributed by atoms with Crippen LogP contribution >= 0.6 is 0 Å². The van der Waals surface area contributed by atoms with Crippen molar-refractivity contribution in [3.63, 3.8) is 0 Å². The minimum absolute atomic E-state index is 0.102. The van der Waals surface area contributed by atoms with Crippen LogP contribution in [-0.2, 0) is 4.74 Å². The highest BCUT2D eigenvalue weighted by atomic mass is 28.3. The highest BCUT2D eigenvalue weighted by molar-refractivity contribution is 6.89. The smallest absolute Gasteiger partial charge is 0.0831 e. The first-order valence-electron chi connectivity index (χ1n) is 7.16. The van der Waals surface area contributed by atoms with Gasteiger partial charge in [0.25, 0.3) is 0 Å². The molecule has 1 heterocycles. The van der Waals surface area contributed by atoms with Crippen molar-refractivity contribution in [1.29, 1.82) is 0 Å². The Hall–Kier alpha value is -0.643. The zero-order valence-corrected chi connectivity index (χ0v) is 13.5. The van der Waals surface area contributed by atoms with Crippen molar-refractivity contribution in [3.05, 3.63) is 30.3 Å². The summed E-state index contributed by atoms with van der Waals surface area (Å²) in [4.78, 5) is 0. The average Bonchev–Trinajstić information content (AvgIpc) is 2.35. The molecule has 2 nitrogen and oxygen atoms in total. The van der Waals surface area contributed by atoms with Crippen molar-refractivity contribution in [3.8, 4) is 0 Å². The van der Waals surface area contributed by atoms with E-state index in [0.29, 0.717) is 6.61 Å². The quantitative estimate of drug-likeness (QED) is 0.862. The van der Waals surface area contributed by atoms with Crippen LogP contribution in [-0.4, -0.2) is 32.0 Å². The van der Waals surface area contributed by atoms with Gasteiger partial charge in [0.05, 0.1) is 26.9 Å².